The van der Waals surface area contributed by atoms with Crippen LogP contribution in [0.4, 0.5) is 0 Å². The molecule has 0 radical (unpaired) electrons. The molecule has 1 aliphatic carbocycles. The van der Waals surface area contributed by atoms with Gasteiger partial charge in [0.15, 0.2) is 0 Å². The summed E-state index contributed by atoms with van der Waals surface area (Å²) in [5.74, 6) is -0.712. The predicted molar refractivity (Wildman–Crippen MR) is 55.3 cm³/mol. The van der Waals surface area contributed by atoms with Crippen molar-refractivity contribution in [3.63, 3.8) is 0 Å². The molecule has 0 bridgehead atoms. The fourth-order valence-electron chi connectivity index (χ4n) is 2.39. The Morgan fingerprint density at radius 2 is 1.93 bits per heavy atom. The molecule has 0 amide bonds. The van der Waals surface area contributed by atoms with Crippen molar-refractivity contribution in [1.82, 2.24) is 0 Å². The Kier molecular flexibility index (Phi) is 3.73. The smallest absolute Gasteiger partial charge is 0.311 e. The second-order valence-electron chi connectivity index (χ2n) is 4.61. The number of rotatable bonds is 4. The molecule has 4 nitrogen and oxygen atoms in total. The molecule has 1 rings (SSSR count). The molecule has 1 saturated carbocycles. The van der Waals surface area contributed by atoms with Crippen LogP contribution in [0.25, 0.3) is 0 Å². The number of aliphatic hydroxyl groups is 1. The summed E-state index contributed by atoms with van der Waals surface area (Å²) in [6, 6.07) is 0. The molecule has 1 atom stereocenters. The van der Waals surface area contributed by atoms with Crippen molar-refractivity contribution in [2.45, 2.75) is 38.4 Å². The fourth-order valence-corrected chi connectivity index (χ4v) is 2.39. The Hall–Kier alpha value is -0.610. The van der Waals surface area contributed by atoms with Crippen LogP contribution in [0.1, 0.15) is 26.7 Å². The van der Waals surface area contributed by atoms with Crippen LogP contribution in [0.2, 0.25) is 0 Å². The van der Waals surface area contributed by atoms with Crippen molar-refractivity contribution >= 4 is 5.97 Å². The third-order valence-electron chi connectivity index (χ3n) is 3.20. The summed E-state index contributed by atoms with van der Waals surface area (Å²) in [6.07, 6.45) is 1.10. The standard InChI is InChI=1S/C11H20O4/c1-7(2)9(10(12)15-4)11(13)5-8(6-11)14-3/h7-9,13H,5-6H2,1-4H3. The van der Waals surface area contributed by atoms with Crippen LogP contribution in [0.15, 0.2) is 0 Å². The Morgan fingerprint density at radius 1 is 1.40 bits per heavy atom. The summed E-state index contributed by atoms with van der Waals surface area (Å²) < 4.78 is 9.84. The second-order valence-corrected chi connectivity index (χ2v) is 4.61. The zero-order chi connectivity index (χ0) is 11.6. The van der Waals surface area contributed by atoms with E-state index in [9.17, 15) is 9.90 Å². The van der Waals surface area contributed by atoms with E-state index in [0.717, 1.165) is 0 Å². The van der Waals surface area contributed by atoms with E-state index in [1.54, 1.807) is 7.11 Å². The summed E-state index contributed by atoms with van der Waals surface area (Å²) in [5, 5.41) is 10.3. The highest BCUT2D eigenvalue weighted by molar-refractivity contribution is 5.74. The number of ether oxygens (including phenoxy) is 2. The minimum Gasteiger partial charge on any atom is -0.469 e. The third kappa shape index (κ3) is 2.32. The molecule has 1 N–H and O–H groups in total. The van der Waals surface area contributed by atoms with Gasteiger partial charge in [0, 0.05) is 20.0 Å². The van der Waals surface area contributed by atoms with E-state index in [1.165, 1.54) is 7.11 Å². The molecule has 1 fully saturated rings. The zero-order valence-electron chi connectivity index (χ0n) is 9.82. The number of esters is 1. The van der Waals surface area contributed by atoms with Crippen molar-refractivity contribution in [2.24, 2.45) is 11.8 Å². The van der Waals surface area contributed by atoms with Crippen molar-refractivity contribution in [1.29, 1.82) is 0 Å². The van der Waals surface area contributed by atoms with E-state index in [4.69, 9.17) is 9.47 Å². The first-order valence-corrected chi connectivity index (χ1v) is 5.27. The van der Waals surface area contributed by atoms with Crippen molar-refractivity contribution in [3.8, 4) is 0 Å². The number of hydrogen-bond acceptors (Lipinski definition) is 4. The first-order chi connectivity index (χ1) is 6.94. The van der Waals surface area contributed by atoms with Crippen LogP contribution in [-0.4, -0.2) is 37.0 Å². The van der Waals surface area contributed by atoms with Crippen LogP contribution in [0, 0.1) is 11.8 Å². The molecular formula is C11H20O4. The van der Waals surface area contributed by atoms with E-state index in [-0.39, 0.29) is 18.0 Å². The van der Waals surface area contributed by atoms with Crippen LogP contribution in [0.3, 0.4) is 0 Å². The molecule has 0 heterocycles. The minimum absolute atomic E-state index is 0.0697. The molecule has 0 aromatic carbocycles. The second kappa shape index (κ2) is 4.49. The summed E-state index contributed by atoms with van der Waals surface area (Å²) in [6.45, 7) is 3.83. The normalized spacial score (nSPS) is 32.3. The van der Waals surface area contributed by atoms with Gasteiger partial charge in [-0.05, 0) is 5.92 Å². The van der Waals surface area contributed by atoms with Gasteiger partial charge in [-0.3, -0.25) is 4.79 Å². The van der Waals surface area contributed by atoms with Crippen molar-refractivity contribution in [2.75, 3.05) is 14.2 Å². The highest BCUT2D eigenvalue weighted by Crippen LogP contribution is 2.43. The predicted octanol–water partition coefficient (Wildman–Crippen LogP) is 0.971. The summed E-state index contributed by atoms with van der Waals surface area (Å²) in [5.41, 5.74) is -0.943. The van der Waals surface area contributed by atoms with Crippen molar-refractivity contribution in [3.05, 3.63) is 0 Å². The quantitative estimate of drug-likeness (QED) is 0.711. The molecule has 4 heteroatoms. The number of carbonyl (C=O) groups excluding carboxylic acids is 1. The van der Waals surface area contributed by atoms with E-state index in [1.807, 2.05) is 13.8 Å². The molecule has 0 aromatic heterocycles. The Labute approximate surface area is 90.6 Å². The average Bonchev–Trinajstić information content (AvgIpc) is 2.12. The lowest BCUT2D eigenvalue weighted by Gasteiger charge is -2.47. The summed E-state index contributed by atoms with van der Waals surface area (Å²) in [4.78, 5) is 11.6. The van der Waals surface area contributed by atoms with Gasteiger partial charge in [-0.25, -0.2) is 0 Å². The summed E-state index contributed by atoms with van der Waals surface area (Å²) >= 11 is 0. The highest BCUT2D eigenvalue weighted by Gasteiger charge is 2.53. The van der Waals surface area contributed by atoms with Gasteiger partial charge in [0.05, 0.1) is 24.7 Å². The fraction of sp³-hybridized carbons (Fsp3) is 0.909. The molecule has 0 aromatic rings. The number of carbonyl (C=O) groups is 1. The van der Waals surface area contributed by atoms with Gasteiger partial charge in [-0.1, -0.05) is 13.8 Å². The van der Waals surface area contributed by atoms with E-state index >= 15 is 0 Å². The molecule has 1 unspecified atom stereocenters. The van der Waals surface area contributed by atoms with E-state index < -0.39 is 11.5 Å². The molecule has 0 saturated heterocycles. The molecule has 1 aliphatic rings. The third-order valence-corrected chi connectivity index (χ3v) is 3.20. The first kappa shape index (κ1) is 12.5. The highest BCUT2D eigenvalue weighted by atomic mass is 16.5. The molecule has 88 valence electrons. The topological polar surface area (TPSA) is 55.8 Å². The molecule has 15 heavy (non-hydrogen) atoms. The maximum absolute atomic E-state index is 11.6. The van der Waals surface area contributed by atoms with Crippen LogP contribution < -0.4 is 0 Å². The van der Waals surface area contributed by atoms with Crippen LogP contribution in [0.5, 0.6) is 0 Å². The largest absolute Gasteiger partial charge is 0.469 e. The Bertz CT molecular complexity index is 231. The monoisotopic (exact) mass is 216 g/mol. The lowest BCUT2D eigenvalue weighted by atomic mass is 9.65. The zero-order valence-corrected chi connectivity index (χ0v) is 9.82. The van der Waals surface area contributed by atoms with Gasteiger partial charge in [-0.2, -0.15) is 0 Å². The molecule has 0 aliphatic heterocycles. The minimum atomic E-state index is -0.943. The Balaban J connectivity index is 2.70. The van der Waals surface area contributed by atoms with Crippen molar-refractivity contribution < 1.29 is 19.4 Å². The maximum atomic E-state index is 11.6. The van der Waals surface area contributed by atoms with Crippen LogP contribution >= 0.6 is 0 Å². The lowest BCUT2D eigenvalue weighted by Crippen LogP contribution is -2.57. The van der Waals surface area contributed by atoms with Gasteiger partial charge in [0.1, 0.15) is 0 Å². The van der Waals surface area contributed by atoms with E-state index in [0.29, 0.717) is 12.8 Å². The number of hydrogen-bond donors (Lipinski definition) is 1. The van der Waals surface area contributed by atoms with Crippen LogP contribution in [-0.2, 0) is 14.3 Å². The number of methoxy groups -OCH3 is 2. The van der Waals surface area contributed by atoms with Gasteiger partial charge in [0.25, 0.3) is 0 Å². The van der Waals surface area contributed by atoms with Gasteiger partial charge >= 0.3 is 5.97 Å². The SMILES string of the molecule is COC(=O)C(C(C)C)C1(O)CC(OC)C1. The first-order valence-electron chi connectivity index (χ1n) is 5.27. The van der Waals surface area contributed by atoms with E-state index in [2.05, 4.69) is 0 Å². The average molecular weight is 216 g/mol. The maximum Gasteiger partial charge on any atom is 0.311 e. The van der Waals surface area contributed by atoms with Gasteiger partial charge in [-0.15, -0.1) is 0 Å². The molecular weight excluding hydrogens is 196 g/mol. The Morgan fingerprint density at radius 3 is 2.27 bits per heavy atom. The summed E-state index contributed by atoms with van der Waals surface area (Å²) in [7, 11) is 2.97. The van der Waals surface area contributed by atoms with Gasteiger partial charge < -0.3 is 14.6 Å². The van der Waals surface area contributed by atoms with Gasteiger partial charge in [0.2, 0.25) is 0 Å². The molecule has 0 spiro atoms. The lowest BCUT2D eigenvalue weighted by molar-refractivity contribution is -0.189.